The Morgan fingerprint density at radius 1 is 0.947 bits per heavy atom. The van der Waals surface area contributed by atoms with Crippen molar-refractivity contribution in [3.8, 4) is 11.1 Å². The molecule has 2 aromatic rings. The van der Waals surface area contributed by atoms with Crippen LogP contribution in [-0.2, 0) is 9.84 Å². The Labute approximate surface area is 112 Å². The van der Waals surface area contributed by atoms with Crippen LogP contribution in [0.15, 0.2) is 34.1 Å². The summed E-state index contributed by atoms with van der Waals surface area (Å²) in [6.45, 7) is 3.53. The van der Waals surface area contributed by atoms with Crippen LogP contribution >= 0.6 is 0 Å². The van der Waals surface area contributed by atoms with Crippen molar-refractivity contribution < 1.29 is 8.42 Å². The third-order valence-corrected chi connectivity index (χ3v) is 5.64. The van der Waals surface area contributed by atoms with Crippen molar-refractivity contribution >= 4 is 21.2 Å². The molecule has 0 aromatic heterocycles. The molecule has 1 aliphatic rings. The van der Waals surface area contributed by atoms with E-state index in [2.05, 4.69) is 0 Å². The first-order valence-electron chi connectivity index (χ1n) is 5.88. The first-order valence-corrected chi connectivity index (χ1v) is 7.37. The molecule has 1 heterocycles. The minimum Gasteiger partial charge on any atom is -0.398 e. The maximum atomic E-state index is 12.6. The van der Waals surface area contributed by atoms with E-state index in [1.54, 1.807) is 38.1 Å². The van der Waals surface area contributed by atoms with E-state index in [-0.39, 0.29) is 0 Å². The first-order chi connectivity index (χ1) is 8.84. The van der Waals surface area contributed by atoms with Gasteiger partial charge in [-0.05, 0) is 43.2 Å². The fourth-order valence-electron chi connectivity index (χ4n) is 2.51. The quantitative estimate of drug-likeness (QED) is 0.616. The molecular formula is C14H14N2O2S. The maximum absolute atomic E-state index is 12.6. The van der Waals surface area contributed by atoms with Crippen LogP contribution in [0, 0.1) is 13.8 Å². The van der Waals surface area contributed by atoms with Gasteiger partial charge in [0.1, 0.15) is 0 Å². The fourth-order valence-corrected chi connectivity index (χ4v) is 4.50. The van der Waals surface area contributed by atoms with E-state index < -0.39 is 9.84 Å². The molecule has 0 atom stereocenters. The Bertz CT molecular complexity index is 824. The number of hydrogen-bond donors (Lipinski definition) is 2. The van der Waals surface area contributed by atoms with E-state index in [0.717, 1.165) is 5.56 Å². The lowest BCUT2D eigenvalue weighted by molar-refractivity contribution is 0.598. The average molecular weight is 274 g/mol. The highest BCUT2D eigenvalue weighted by Crippen LogP contribution is 2.47. The third-order valence-electron chi connectivity index (χ3n) is 3.66. The van der Waals surface area contributed by atoms with Gasteiger partial charge in [0.05, 0.1) is 9.79 Å². The van der Waals surface area contributed by atoms with Crippen LogP contribution in [0.5, 0.6) is 0 Å². The summed E-state index contributed by atoms with van der Waals surface area (Å²) in [6.07, 6.45) is 0. The predicted octanol–water partition coefficient (Wildman–Crippen LogP) is 2.28. The molecule has 0 amide bonds. The number of anilines is 2. The normalized spacial score (nSPS) is 15.1. The number of hydrogen-bond acceptors (Lipinski definition) is 4. The Hall–Kier alpha value is -2.01. The second-order valence-electron chi connectivity index (χ2n) is 4.86. The Balaban J connectivity index is 2.51. The fraction of sp³-hybridized carbons (Fsp3) is 0.143. The topological polar surface area (TPSA) is 86.2 Å². The molecular weight excluding hydrogens is 260 g/mol. The Morgan fingerprint density at radius 2 is 1.63 bits per heavy atom. The van der Waals surface area contributed by atoms with Gasteiger partial charge in [-0.15, -0.1) is 0 Å². The molecule has 5 heteroatoms. The lowest BCUT2D eigenvalue weighted by Gasteiger charge is -2.06. The van der Waals surface area contributed by atoms with Gasteiger partial charge in [-0.25, -0.2) is 8.42 Å². The number of fused-ring (bicyclic) bond motifs is 3. The molecule has 0 saturated carbocycles. The first kappa shape index (κ1) is 12.0. The van der Waals surface area contributed by atoms with Crippen molar-refractivity contribution in [1.82, 2.24) is 0 Å². The summed E-state index contributed by atoms with van der Waals surface area (Å²) in [5.41, 5.74) is 15.5. The summed E-state index contributed by atoms with van der Waals surface area (Å²) >= 11 is 0. The molecule has 0 spiro atoms. The number of sulfone groups is 1. The molecule has 0 fully saturated rings. The minimum absolute atomic E-state index is 0.313. The molecule has 0 saturated heterocycles. The van der Waals surface area contributed by atoms with Crippen LogP contribution in [0.2, 0.25) is 0 Å². The van der Waals surface area contributed by atoms with Gasteiger partial charge >= 0.3 is 0 Å². The lowest BCUT2D eigenvalue weighted by Crippen LogP contribution is -2.02. The smallest absolute Gasteiger partial charge is 0.208 e. The SMILES string of the molecule is Cc1cc2c(cc1N)-c1ccc(N)c(C)c1S2(=O)=O. The van der Waals surface area contributed by atoms with E-state index in [0.29, 0.717) is 37.9 Å². The standard InChI is InChI=1S/C14H14N2O2S/c1-7-5-13-10(6-12(7)16)9-3-4-11(15)8(2)14(9)19(13,17)18/h3-6H,15-16H2,1-2H3. The van der Waals surface area contributed by atoms with Crippen LogP contribution in [0.4, 0.5) is 11.4 Å². The van der Waals surface area contributed by atoms with E-state index in [9.17, 15) is 8.42 Å². The van der Waals surface area contributed by atoms with Crippen molar-refractivity contribution in [2.75, 3.05) is 11.5 Å². The van der Waals surface area contributed by atoms with E-state index in [4.69, 9.17) is 11.5 Å². The monoisotopic (exact) mass is 274 g/mol. The number of nitrogen functional groups attached to an aromatic ring is 2. The van der Waals surface area contributed by atoms with Crippen LogP contribution in [0.25, 0.3) is 11.1 Å². The van der Waals surface area contributed by atoms with Crippen LogP contribution in [0.1, 0.15) is 11.1 Å². The minimum atomic E-state index is -3.49. The highest BCUT2D eigenvalue weighted by Gasteiger charge is 2.35. The van der Waals surface area contributed by atoms with Gasteiger partial charge in [0.2, 0.25) is 9.84 Å². The zero-order chi connectivity index (χ0) is 13.9. The zero-order valence-corrected chi connectivity index (χ0v) is 11.5. The van der Waals surface area contributed by atoms with Crippen LogP contribution in [0.3, 0.4) is 0 Å². The van der Waals surface area contributed by atoms with E-state index >= 15 is 0 Å². The number of aryl methyl sites for hydroxylation is 1. The van der Waals surface area contributed by atoms with Gasteiger partial charge in [-0.3, -0.25) is 0 Å². The molecule has 0 bridgehead atoms. The number of rotatable bonds is 0. The predicted molar refractivity (Wildman–Crippen MR) is 75.6 cm³/mol. The van der Waals surface area contributed by atoms with Crippen LogP contribution < -0.4 is 11.5 Å². The van der Waals surface area contributed by atoms with Crippen molar-refractivity contribution in [1.29, 1.82) is 0 Å². The summed E-state index contributed by atoms with van der Waals surface area (Å²) in [6, 6.07) is 6.84. The van der Waals surface area contributed by atoms with Gasteiger partial charge in [-0.2, -0.15) is 0 Å². The molecule has 0 aliphatic carbocycles. The Morgan fingerprint density at radius 3 is 2.32 bits per heavy atom. The molecule has 4 N–H and O–H groups in total. The average Bonchev–Trinajstić information content (AvgIpc) is 2.55. The molecule has 19 heavy (non-hydrogen) atoms. The highest BCUT2D eigenvalue weighted by atomic mass is 32.2. The zero-order valence-electron chi connectivity index (χ0n) is 10.7. The van der Waals surface area contributed by atoms with E-state index in [1.807, 2.05) is 0 Å². The summed E-state index contributed by atoms with van der Waals surface area (Å²) in [5, 5.41) is 0. The van der Waals surface area contributed by atoms with Gasteiger partial charge in [0.25, 0.3) is 0 Å². The van der Waals surface area contributed by atoms with Crippen LogP contribution in [-0.4, -0.2) is 8.42 Å². The summed E-state index contributed by atoms with van der Waals surface area (Å²) in [7, 11) is -3.49. The van der Waals surface area contributed by atoms with Gasteiger partial charge in [0, 0.05) is 22.5 Å². The van der Waals surface area contributed by atoms with Gasteiger partial charge in [-0.1, -0.05) is 6.07 Å². The molecule has 0 unspecified atom stereocenters. The summed E-state index contributed by atoms with van der Waals surface area (Å²) in [4.78, 5) is 0.635. The highest BCUT2D eigenvalue weighted by molar-refractivity contribution is 7.92. The van der Waals surface area contributed by atoms with Gasteiger partial charge in [0.15, 0.2) is 0 Å². The van der Waals surface area contributed by atoms with Crippen molar-refractivity contribution in [3.05, 3.63) is 35.4 Å². The molecule has 3 rings (SSSR count). The lowest BCUT2D eigenvalue weighted by atomic mass is 10.0. The number of nitrogens with two attached hydrogens (primary N) is 2. The summed E-state index contributed by atoms with van der Waals surface area (Å²) < 4.78 is 25.2. The molecule has 0 radical (unpaired) electrons. The van der Waals surface area contributed by atoms with Crippen molar-refractivity contribution in [2.45, 2.75) is 23.6 Å². The number of benzene rings is 2. The van der Waals surface area contributed by atoms with Crippen molar-refractivity contribution in [2.24, 2.45) is 0 Å². The second-order valence-corrected chi connectivity index (χ2v) is 6.72. The largest absolute Gasteiger partial charge is 0.398 e. The molecule has 4 nitrogen and oxygen atoms in total. The molecule has 98 valence electrons. The van der Waals surface area contributed by atoms with Crippen molar-refractivity contribution in [3.63, 3.8) is 0 Å². The Kier molecular flexibility index (Phi) is 2.23. The second kappa shape index (κ2) is 3.51. The molecule has 1 aliphatic heterocycles. The summed E-state index contributed by atoms with van der Waals surface area (Å²) in [5.74, 6) is 0. The van der Waals surface area contributed by atoms with E-state index in [1.165, 1.54) is 0 Å². The maximum Gasteiger partial charge on any atom is 0.208 e. The third kappa shape index (κ3) is 1.42. The molecule has 2 aromatic carbocycles. The van der Waals surface area contributed by atoms with Gasteiger partial charge < -0.3 is 11.5 Å².